The van der Waals surface area contributed by atoms with Crippen LogP contribution in [0, 0.1) is 0 Å². The first-order chi connectivity index (χ1) is 7.20. The second-order valence-corrected chi connectivity index (χ2v) is 3.82. The summed E-state index contributed by atoms with van der Waals surface area (Å²) in [6, 6.07) is 0. The molecule has 4 heteroatoms. The van der Waals surface area contributed by atoms with Gasteiger partial charge in [-0.05, 0) is 12.3 Å². The highest BCUT2D eigenvalue weighted by Crippen LogP contribution is 2.27. The van der Waals surface area contributed by atoms with Gasteiger partial charge in [-0.25, -0.2) is 9.97 Å². The van der Waals surface area contributed by atoms with E-state index >= 15 is 0 Å². The van der Waals surface area contributed by atoms with Crippen LogP contribution in [-0.4, -0.2) is 23.6 Å². The predicted molar refractivity (Wildman–Crippen MR) is 64.4 cm³/mol. The smallest absolute Gasteiger partial charge is 0.134 e. The van der Waals surface area contributed by atoms with Crippen molar-refractivity contribution in [3.63, 3.8) is 0 Å². The molecule has 2 N–H and O–H groups in total. The first-order valence-electron chi connectivity index (χ1n) is 5.47. The quantitative estimate of drug-likeness (QED) is 0.780. The van der Waals surface area contributed by atoms with Crippen molar-refractivity contribution in [1.82, 2.24) is 9.97 Å². The molecule has 1 rings (SSSR count). The number of anilines is 2. The molecule has 0 atom stereocenters. The Morgan fingerprint density at radius 3 is 2.47 bits per heavy atom. The number of nitrogens with one attached hydrogen (secondary N) is 2. The third-order valence-corrected chi connectivity index (χ3v) is 2.24. The van der Waals surface area contributed by atoms with Crippen LogP contribution in [0.2, 0.25) is 0 Å². The van der Waals surface area contributed by atoms with E-state index in [2.05, 4.69) is 41.4 Å². The van der Waals surface area contributed by atoms with Crippen molar-refractivity contribution in [2.24, 2.45) is 0 Å². The van der Waals surface area contributed by atoms with Gasteiger partial charge in [0.05, 0.1) is 0 Å². The van der Waals surface area contributed by atoms with E-state index in [0.717, 1.165) is 30.2 Å². The van der Waals surface area contributed by atoms with E-state index < -0.39 is 0 Å². The summed E-state index contributed by atoms with van der Waals surface area (Å²) < 4.78 is 0. The van der Waals surface area contributed by atoms with Crippen LogP contribution in [0.4, 0.5) is 11.6 Å². The minimum atomic E-state index is 0.410. The maximum absolute atomic E-state index is 4.28. The predicted octanol–water partition coefficient (Wildman–Crippen LogP) is 2.46. The molecule has 0 unspecified atom stereocenters. The van der Waals surface area contributed by atoms with Gasteiger partial charge in [-0.2, -0.15) is 0 Å². The highest BCUT2D eigenvalue weighted by atomic mass is 15.1. The molecule has 0 aliphatic rings. The summed E-state index contributed by atoms with van der Waals surface area (Å²) in [6.45, 7) is 7.38. The molecule has 1 heterocycles. The zero-order valence-electron chi connectivity index (χ0n) is 9.96. The van der Waals surface area contributed by atoms with Gasteiger partial charge in [0, 0.05) is 19.2 Å². The van der Waals surface area contributed by atoms with Gasteiger partial charge in [0.2, 0.25) is 0 Å². The zero-order chi connectivity index (χ0) is 11.3. The molecule has 0 aliphatic heterocycles. The van der Waals surface area contributed by atoms with E-state index in [1.54, 1.807) is 6.33 Å². The van der Waals surface area contributed by atoms with Gasteiger partial charge in [0.1, 0.15) is 18.0 Å². The Morgan fingerprint density at radius 2 is 1.93 bits per heavy atom. The molecule has 1 aromatic heterocycles. The lowest BCUT2D eigenvalue weighted by Gasteiger charge is -2.16. The van der Waals surface area contributed by atoms with E-state index in [1.807, 2.05) is 7.05 Å². The highest BCUT2D eigenvalue weighted by Gasteiger charge is 2.13. The number of hydrogen-bond acceptors (Lipinski definition) is 4. The monoisotopic (exact) mass is 208 g/mol. The molecule has 84 valence electrons. The fourth-order valence-corrected chi connectivity index (χ4v) is 1.53. The molecule has 0 aliphatic carbocycles. The largest absolute Gasteiger partial charge is 0.373 e. The molecule has 1 aromatic rings. The molecule has 0 aromatic carbocycles. The molecule has 0 spiro atoms. The van der Waals surface area contributed by atoms with Crippen molar-refractivity contribution in [2.45, 2.75) is 33.1 Å². The van der Waals surface area contributed by atoms with E-state index in [9.17, 15) is 0 Å². The van der Waals surface area contributed by atoms with E-state index in [-0.39, 0.29) is 0 Å². The Labute approximate surface area is 91.5 Å². The number of rotatable bonds is 5. The van der Waals surface area contributed by atoms with Crippen LogP contribution in [0.5, 0.6) is 0 Å². The van der Waals surface area contributed by atoms with Gasteiger partial charge in [-0.3, -0.25) is 0 Å². The van der Waals surface area contributed by atoms with Gasteiger partial charge < -0.3 is 10.6 Å². The highest BCUT2D eigenvalue weighted by molar-refractivity contribution is 5.58. The van der Waals surface area contributed by atoms with Gasteiger partial charge >= 0.3 is 0 Å². The number of nitrogens with zero attached hydrogens (tertiary/aromatic N) is 2. The Bertz CT molecular complexity index is 309. The van der Waals surface area contributed by atoms with Gasteiger partial charge in [-0.1, -0.05) is 20.8 Å². The molecule has 0 radical (unpaired) electrons. The van der Waals surface area contributed by atoms with Crippen LogP contribution in [0.1, 0.15) is 38.7 Å². The SMILES string of the molecule is CCCNc1ncnc(NC)c1C(C)C. The van der Waals surface area contributed by atoms with Gasteiger partial charge in [0.15, 0.2) is 0 Å². The maximum Gasteiger partial charge on any atom is 0.134 e. The Kier molecular flexibility index (Phi) is 4.34. The van der Waals surface area contributed by atoms with Crippen LogP contribution in [0.25, 0.3) is 0 Å². The summed E-state index contributed by atoms with van der Waals surface area (Å²) in [5, 5.41) is 6.43. The third kappa shape index (κ3) is 2.81. The van der Waals surface area contributed by atoms with Crippen molar-refractivity contribution in [3.05, 3.63) is 11.9 Å². The average Bonchev–Trinajstić information content (AvgIpc) is 2.25. The van der Waals surface area contributed by atoms with Gasteiger partial charge in [-0.15, -0.1) is 0 Å². The van der Waals surface area contributed by atoms with Crippen molar-refractivity contribution in [2.75, 3.05) is 24.2 Å². The van der Waals surface area contributed by atoms with Crippen LogP contribution in [0.3, 0.4) is 0 Å². The molecule has 0 saturated heterocycles. The first kappa shape index (κ1) is 11.8. The first-order valence-corrected chi connectivity index (χ1v) is 5.47. The van der Waals surface area contributed by atoms with Crippen LogP contribution in [-0.2, 0) is 0 Å². The molecule has 0 bridgehead atoms. The lowest BCUT2D eigenvalue weighted by atomic mass is 10.0. The Balaban J connectivity index is 3.02. The fraction of sp³-hybridized carbons (Fsp3) is 0.636. The van der Waals surface area contributed by atoms with Crippen LogP contribution >= 0.6 is 0 Å². The summed E-state index contributed by atoms with van der Waals surface area (Å²) in [6.07, 6.45) is 2.69. The van der Waals surface area contributed by atoms with Crippen LogP contribution in [0.15, 0.2) is 6.33 Å². The summed E-state index contributed by atoms with van der Waals surface area (Å²) >= 11 is 0. The molecule has 4 nitrogen and oxygen atoms in total. The van der Waals surface area contributed by atoms with Gasteiger partial charge in [0.25, 0.3) is 0 Å². The van der Waals surface area contributed by atoms with Crippen molar-refractivity contribution in [1.29, 1.82) is 0 Å². The lowest BCUT2D eigenvalue weighted by Crippen LogP contribution is -2.10. The van der Waals surface area contributed by atoms with Crippen molar-refractivity contribution < 1.29 is 0 Å². The summed E-state index contributed by atoms with van der Waals surface area (Å²) in [5.74, 6) is 2.28. The maximum atomic E-state index is 4.28. The van der Waals surface area contributed by atoms with Crippen molar-refractivity contribution in [3.8, 4) is 0 Å². The molecule has 0 saturated carbocycles. The standard InChI is InChI=1S/C11H20N4/c1-5-6-13-11-9(8(2)3)10(12-4)14-7-15-11/h7-8H,5-6H2,1-4H3,(H2,12,13,14,15). The summed E-state index contributed by atoms with van der Waals surface area (Å²) in [5.41, 5.74) is 1.16. The molecule has 0 fully saturated rings. The van der Waals surface area contributed by atoms with E-state index in [1.165, 1.54) is 0 Å². The minimum absolute atomic E-state index is 0.410. The van der Waals surface area contributed by atoms with Crippen LogP contribution < -0.4 is 10.6 Å². The molecule has 15 heavy (non-hydrogen) atoms. The second kappa shape index (κ2) is 5.53. The normalized spacial score (nSPS) is 10.5. The van der Waals surface area contributed by atoms with Crippen molar-refractivity contribution >= 4 is 11.6 Å². The second-order valence-electron chi connectivity index (χ2n) is 3.82. The number of aromatic nitrogens is 2. The summed E-state index contributed by atoms with van der Waals surface area (Å²) in [4.78, 5) is 8.51. The molecule has 0 amide bonds. The average molecular weight is 208 g/mol. The summed E-state index contributed by atoms with van der Waals surface area (Å²) in [7, 11) is 1.89. The molecular weight excluding hydrogens is 188 g/mol. The Hall–Kier alpha value is -1.32. The third-order valence-electron chi connectivity index (χ3n) is 2.24. The van der Waals surface area contributed by atoms with E-state index in [0.29, 0.717) is 5.92 Å². The van der Waals surface area contributed by atoms with E-state index in [4.69, 9.17) is 0 Å². The lowest BCUT2D eigenvalue weighted by molar-refractivity contribution is 0.843. The number of hydrogen-bond donors (Lipinski definition) is 2. The minimum Gasteiger partial charge on any atom is -0.373 e. The Morgan fingerprint density at radius 1 is 1.27 bits per heavy atom. The topological polar surface area (TPSA) is 49.8 Å². The molecular formula is C11H20N4. The zero-order valence-corrected chi connectivity index (χ0v) is 9.96. The fourth-order valence-electron chi connectivity index (χ4n) is 1.53.